The summed E-state index contributed by atoms with van der Waals surface area (Å²) < 4.78 is 0. The number of carbonyl (C=O) groups excluding carboxylic acids is 1. The van der Waals surface area contributed by atoms with Crippen LogP contribution in [0.5, 0.6) is 0 Å². The third kappa shape index (κ3) is 1.47. The molecular formula is C12H19NO. The molecule has 1 saturated heterocycles. The van der Waals surface area contributed by atoms with Crippen LogP contribution in [0.1, 0.15) is 33.1 Å². The van der Waals surface area contributed by atoms with Crippen molar-refractivity contribution >= 4 is 6.29 Å². The lowest BCUT2D eigenvalue weighted by Crippen LogP contribution is -2.23. The summed E-state index contributed by atoms with van der Waals surface area (Å²) in [7, 11) is 0. The van der Waals surface area contributed by atoms with E-state index < -0.39 is 0 Å². The molecule has 1 fully saturated rings. The van der Waals surface area contributed by atoms with Crippen molar-refractivity contribution in [3.8, 4) is 0 Å². The molecule has 0 spiro atoms. The smallest absolute Gasteiger partial charge is 0.128 e. The first-order chi connectivity index (χ1) is 6.74. The molecule has 14 heavy (non-hydrogen) atoms. The van der Waals surface area contributed by atoms with Crippen LogP contribution in [0.2, 0.25) is 0 Å². The van der Waals surface area contributed by atoms with Crippen LogP contribution in [0.15, 0.2) is 11.3 Å². The van der Waals surface area contributed by atoms with Crippen molar-refractivity contribution in [1.29, 1.82) is 0 Å². The first-order valence-corrected chi connectivity index (χ1v) is 5.65. The van der Waals surface area contributed by atoms with E-state index in [0.717, 1.165) is 25.8 Å². The number of hydrogen-bond donors (Lipinski definition) is 0. The molecule has 0 aromatic heterocycles. The van der Waals surface area contributed by atoms with Gasteiger partial charge in [-0.15, -0.1) is 0 Å². The van der Waals surface area contributed by atoms with Crippen molar-refractivity contribution < 1.29 is 4.79 Å². The van der Waals surface area contributed by atoms with E-state index in [-0.39, 0.29) is 5.92 Å². The number of nitrogens with zero attached hydrogens (tertiary/aromatic N) is 1. The maximum atomic E-state index is 11.0. The van der Waals surface area contributed by atoms with E-state index in [0.29, 0.717) is 5.92 Å². The van der Waals surface area contributed by atoms with Crippen molar-refractivity contribution in [3.63, 3.8) is 0 Å². The van der Waals surface area contributed by atoms with Crippen LogP contribution < -0.4 is 0 Å². The van der Waals surface area contributed by atoms with Crippen molar-refractivity contribution in [2.75, 3.05) is 13.1 Å². The fraction of sp³-hybridized carbons (Fsp3) is 0.750. The van der Waals surface area contributed by atoms with Gasteiger partial charge in [-0.25, -0.2) is 0 Å². The highest BCUT2D eigenvalue weighted by Gasteiger charge is 2.32. The summed E-state index contributed by atoms with van der Waals surface area (Å²) in [5.41, 5.74) is 2.80. The number of carbonyl (C=O) groups is 1. The van der Waals surface area contributed by atoms with Crippen molar-refractivity contribution in [2.45, 2.75) is 33.1 Å². The van der Waals surface area contributed by atoms with E-state index in [1.165, 1.54) is 24.1 Å². The van der Waals surface area contributed by atoms with Crippen LogP contribution in [-0.2, 0) is 4.79 Å². The zero-order valence-corrected chi connectivity index (χ0v) is 9.12. The quantitative estimate of drug-likeness (QED) is 0.627. The fourth-order valence-corrected chi connectivity index (χ4v) is 2.78. The minimum absolute atomic E-state index is 0.183. The molecule has 1 aliphatic heterocycles. The molecule has 0 saturated carbocycles. The van der Waals surface area contributed by atoms with Gasteiger partial charge in [0.25, 0.3) is 0 Å². The molecule has 0 aromatic carbocycles. The normalized spacial score (nSPS) is 32.9. The van der Waals surface area contributed by atoms with Crippen molar-refractivity contribution in [1.82, 2.24) is 4.90 Å². The lowest BCUT2D eigenvalue weighted by atomic mass is 10.0. The molecule has 1 heterocycles. The topological polar surface area (TPSA) is 20.3 Å². The van der Waals surface area contributed by atoms with Crippen LogP contribution in [-0.4, -0.2) is 24.3 Å². The Labute approximate surface area is 86.0 Å². The average Bonchev–Trinajstić information content (AvgIpc) is 2.76. The molecule has 1 aliphatic carbocycles. The first-order valence-electron chi connectivity index (χ1n) is 5.65. The maximum absolute atomic E-state index is 11.0. The highest BCUT2D eigenvalue weighted by Crippen LogP contribution is 2.38. The molecule has 0 radical (unpaired) electrons. The van der Waals surface area contributed by atoms with Gasteiger partial charge in [0.05, 0.1) is 5.92 Å². The minimum Gasteiger partial charge on any atom is -0.374 e. The lowest BCUT2D eigenvalue weighted by Gasteiger charge is -2.23. The molecule has 0 bridgehead atoms. The second-order valence-electron chi connectivity index (χ2n) is 4.64. The van der Waals surface area contributed by atoms with Crippen molar-refractivity contribution in [3.05, 3.63) is 11.3 Å². The van der Waals surface area contributed by atoms with Crippen LogP contribution in [0.3, 0.4) is 0 Å². The lowest BCUT2D eigenvalue weighted by molar-refractivity contribution is -0.110. The molecule has 0 amide bonds. The van der Waals surface area contributed by atoms with Gasteiger partial charge in [0.2, 0.25) is 0 Å². The molecule has 2 nitrogen and oxygen atoms in total. The number of aldehydes is 1. The Morgan fingerprint density at radius 2 is 2.00 bits per heavy atom. The largest absolute Gasteiger partial charge is 0.374 e. The molecule has 2 unspecified atom stereocenters. The van der Waals surface area contributed by atoms with E-state index in [2.05, 4.69) is 18.7 Å². The third-order valence-electron chi connectivity index (χ3n) is 3.71. The zero-order valence-electron chi connectivity index (χ0n) is 9.12. The summed E-state index contributed by atoms with van der Waals surface area (Å²) in [6.07, 6.45) is 4.75. The van der Waals surface area contributed by atoms with Crippen LogP contribution in [0, 0.1) is 11.8 Å². The monoisotopic (exact) mass is 193 g/mol. The van der Waals surface area contributed by atoms with Gasteiger partial charge < -0.3 is 9.69 Å². The predicted octanol–water partition coefficient (Wildman–Crippen LogP) is 2.21. The Kier molecular flexibility index (Phi) is 2.62. The summed E-state index contributed by atoms with van der Waals surface area (Å²) in [6, 6.07) is 0. The summed E-state index contributed by atoms with van der Waals surface area (Å²) in [4.78, 5) is 13.4. The summed E-state index contributed by atoms with van der Waals surface area (Å²) >= 11 is 0. The predicted molar refractivity (Wildman–Crippen MR) is 56.8 cm³/mol. The van der Waals surface area contributed by atoms with Crippen LogP contribution in [0.4, 0.5) is 0 Å². The molecule has 2 atom stereocenters. The summed E-state index contributed by atoms with van der Waals surface area (Å²) in [6.45, 7) is 6.74. The van der Waals surface area contributed by atoms with E-state index in [1.807, 2.05) is 0 Å². The second kappa shape index (κ2) is 3.76. The van der Waals surface area contributed by atoms with Gasteiger partial charge >= 0.3 is 0 Å². The molecule has 78 valence electrons. The average molecular weight is 193 g/mol. The Morgan fingerprint density at radius 3 is 2.57 bits per heavy atom. The highest BCUT2D eigenvalue weighted by molar-refractivity contribution is 5.61. The zero-order chi connectivity index (χ0) is 10.1. The van der Waals surface area contributed by atoms with Gasteiger partial charge in [0.1, 0.15) is 6.29 Å². The Bertz CT molecular complexity index is 263. The SMILES string of the molecule is CC1=C(N2CCCC2)C(C=O)CC1C. The number of rotatable bonds is 2. The fourth-order valence-electron chi connectivity index (χ4n) is 2.78. The molecule has 2 aliphatic rings. The van der Waals surface area contributed by atoms with Gasteiger partial charge in [-0.05, 0) is 32.1 Å². The van der Waals surface area contributed by atoms with Crippen LogP contribution in [0.25, 0.3) is 0 Å². The van der Waals surface area contributed by atoms with Crippen LogP contribution >= 0.6 is 0 Å². The summed E-state index contributed by atoms with van der Waals surface area (Å²) in [5, 5.41) is 0. The highest BCUT2D eigenvalue weighted by atomic mass is 16.1. The number of allylic oxidation sites excluding steroid dienone is 2. The standard InChI is InChI=1S/C12H19NO/c1-9-7-11(8-14)12(10(9)2)13-5-3-4-6-13/h8-9,11H,3-7H2,1-2H3. The molecular weight excluding hydrogens is 174 g/mol. The van der Waals surface area contributed by atoms with E-state index >= 15 is 0 Å². The first kappa shape index (κ1) is 9.75. The molecule has 2 heteroatoms. The Morgan fingerprint density at radius 1 is 1.36 bits per heavy atom. The summed E-state index contributed by atoms with van der Waals surface area (Å²) in [5.74, 6) is 0.781. The van der Waals surface area contributed by atoms with Gasteiger partial charge in [-0.3, -0.25) is 0 Å². The van der Waals surface area contributed by atoms with Gasteiger partial charge in [0, 0.05) is 18.8 Å². The van der Waals surface area contributed by atoms with Gasteiger partial charge in [-0.2, -0.15) is 0 Å². The number of likely N-dealkylation sites (tertiary alicyclic amines) is 1. The van der Waals surface area contributed by atoms with E-state index in [4.69, 9.17) is 0 Å². The minimum atomic E-state index is 0.183. The van der Waals surface area contributed by atoms with E-state index in [1.54, 1.807) is 0 Å². The third-order valence-corrected chi connectivity index (χ3v) is 3.71. The second-order valence-corrected chi connectivity index (χ2v) is 4.64. The molecule has 0 N–H and O–H groups in total. The van der Waals surface area contributed by atoms with Gasteiger partial charge in [-0.1, -0.05) is 12.5 Å². The molecule has 0 aromatic rings. The Balaban J connectivity index is 2.23. The maximum Gasteiger partial charge on any atom is 0.128 e. The number of hydrogen-bond acceptors (Lipinski definition) is 2. The Hall–Kier alpha value is -0.790. The van der Waals surface area contributed by atoms with Crippen molar-refractivity contribution in [2.24, 2.45) is 11.8 Å². The van der Waals surface area contributed by atoms with E-state index in [9.17, 15) is 4.79 Å². The molecule has 2 rings (SSSR count). The van der Waals surface area contributed by atoms with Gasteiger partial charge in [0.15, 0.2) is 0 Å².